The zero-order valence-corrected chi connectivity index (χ0v) is 11.3. The quantitative estimate of drug-likeness (QED) is 0.774. The smallest absolute Gasteiger partial charge is 0.377 e. The predicted molar refractivity (Wildman–Crippen MR) is 67.1 cm³/mol. The number of carbonyl (C=O) groups excluding carboxylic acids is 1. The Morgan fingerprint density at radius 1 is 1.37 bits per heavy atom. The topological polar surface area (TPSA) is 82.8 Å². The van der Waals surface area contributed by atoms with Crippen LogP contribution in [0.15, 0.2) is 12.4 Å². The van der Waals surface area contributed by atoms with E-state index in [1.165, 1.54) is 18.1 Å². The van der Waals surface area contributed by atoms with E-state index in [1.54, 1.807) is 6.07 Å². The molecule has 0 saturated carbocycles. The summed E-state index contributed by atoms with van der Waals surface area (Å²) in [5.41, 5.74) is 0.837. The Morgan fingerprint density at radius 3 is 2.74 bits per heavy atom. The summed E-state index contributed by atoms with van der Waals surface area (Å²) >= 11 is 0. The largest absolute Gasteiger partial charge is 0.463 e. The van der Waals surface area contributed by atoms with Crippen LogP contribution < -0.4 is 0 Å². The molecule has 0 aliphatic rings. The Hall–Kier alpha value is -2.31. The van der Waals surface area contributed by atoms with Crippen molar-refractivity contribution in [3.63, 3.8) is 0 Å². The summed E-state index contributed by atoms with van der Waals surface area (Å²) in [5, 5.41) is 4.03. The molecule has 2 rings (SSSR count). The maximum Gasteiger partial charge on any atom is 0.377 e. The normalized spacial score (nSPS) is 10.8. The molecule has 0 fully saturated rings. The van der Waals surface area contributed by atoms with Crippen LogP contribution in [0, 0.1) is 6.92 Å². The number of carbonyl (C=O) groups is 1. The SMILES string of the molecule is COC(=O)c1ncn(-c2cc(C)nc(C(C)C)n2)n1. The van der Waals surface area contributed by atoms with Gasteiger partial charge in [-0.25, -0.2) is 24.4 Å². The predicted octanol–water partition coefficient (Wildman–Crippen LogP) is 1.28. The lowest BCUT2D eigenvalue weighted by Gasteiger charge is -2.07. The molecule has 7 heteroatoms. The summed E-state index contributed by atoms with van der Waals surface area (Å²) in [7, 11) is 1.29. The molecule has 2 aromatic rings. The van der Waals surface area contributed by atoms with Crippen LogP contribution in [-0.4, -0.2) is 37.8 Å². The molecule has 0 saturated heterocycles. The highest BCUT2D eigenvalue weighted by molar-refractivity contribution is 5.84. The van der Waals surface area contributed by atoms with Crippen LogP contribution in [0.3, 0.4) is 0 Å². The van der Waals surface area contributed by atoms with Gasteiger partial charge in [0.25, 0.3) is 5.82 Å². The molecular formula is C12H15N5O2. The number of esters is 1. The van der Waals surface area contributed by atoms with Gasteiger partial charge in [0.2, 0.25) is 0 Å². The molecule has 0 radical (unpaired) electrons. The van der Waals surface area contributed by atoms with Gasteiger partial charge in [-0.15, -0.1) is 5.10 Å². The van der Waals surface area contributed by atoms with Crippen molar-refractivity contribution in [1.82, 2.24) is 24.7 Å². The number of hydrogen-bond donors (Lipinski definition) is 0. The highest BCUT2D eigenvalue weighted by Gasteiger charge is 2.14. The lowest BCUT2D eigenvalue weighted by Crippen LogP contribution is -2.08. The van der Waals surface area contributed by atoms with Gasteiger partial charge in [0.15, 0.2) is 5.82 Å². The Balaban J connectivity index is 2.41. The minimum absolute atomic E-state index is 0.00450. The van der Waals surface area contributed by atoms with E-state index in [2.05, 4.69) is 24.8 Å². The standard InChI is InChI=1S/C12H15N5O2/c1-7(2)10-14-8(3)5-9(15-10)17-6-13-11(16-17)12(18)19-4/h5-7H,1-4H3. The number of aromatic nitrogens is 5. The summed E-state index contributed by atoms with van der Waals surface area (Å²) in [4.78, 5) is 23.9. The molecule has 7 nitrogen and oxygen atoms in total. The fourth-order valence-corrected chi connectivity index (χ4v) is 1.51. The van der Waals surface area contributed by atoms with Crippen LogP contribution in [0.25, 0.3) is 5.82 Å². The van der Waals surface area contributed by atoms with Crippen LogP contribution in [0.5, 0.6) is 0 Å². The second-order valence-corrected chi connectivity index (χ2v) is 4.38. The van der Waals surface area contributed by atoms with Gasteiger partial charge in [-0.1, -0.05) is 13.8 Å². The summed E-state index contributed by atoms with van der Waals surface area (Å²) < 4.78 is 6.00. The number of aryl methyl sites for hydroxylation is 1. The number of nitrogens with zero attached hydrogens (tertiary/aromatic N) is 5. The molecule has 0 atom stereocenters. The third-order valence-corrected chi connectivity index (χ3v) is 2.47. The van der Waals surface area contributed by atoms with Crippen molar-refractivity contribution in [3.05, 3.63) is 29.7 Å². The summed E-state index contributed by atoms with van der Waals surface area (Å²) in [5.74, 6) is 0.949. The van der Waals surface area contributed by atoms with Gasteiger partial charge in [-0.3, -0.25) is 0 Å². The maximum atomic E-state index is 11.3. The minimum atomic E-state index is -0.575. The van der Waals surface area contributed by atoms with Crippen LogP contribution >= 0.6 is 0 Å². The van der Waals surface area contributed by atoms with E-state index in [0.717, 1.165) is 11.5 Å². The van der Waals surface area contributed by atoms with E-state index in [-0.39, 0.29) is 11.7 Å². The van der Waals surface area contributed by atoms with Crippen LogP contribution in [0.2, 0.25) is 0 Å². The van der Waals surface area contributed by atoms with Gasteiger partial charge in [0.1, 0.15) is 12.2 Å². The van der Waals surface area contributed by atoms with Crippen molar-refractivity contribution < 1.29 is 9.53 Å². The second-order valence-electron chi connectivity index (χ2n) is 4.38. The lowest BCUT2D eigenvalue weighted by atomic mass is 10.2. The number of rotatable bonds is 3. The molecule has 2 aromatic heterocycles. The number of ether oxygens (including phenoxy) is 1. The first-order valence-electron chi connectivity index (χ1n) is 5.87. The fourth-order valence-electron chi connectivity index (χ4n) is 1.51. The Morgan fingerprint density at radius 2 is 2.11 bits per heavy atom. The molecule has 2 heterocycles. The lowest BCUT2D eigenvalue weighted by molar-refractivity contribution is 0.0587. The van der Waals surface area contributed by atoms with Crippen molar-refractivity contribution in [1.29, 1.82) is 0 Å². The van der Waals surface area contributed by atoms with Crippen molar-refractivity contribution in [2.75, 3.05) is 7.11 Å². The fraction of sp³-hybridized carbons (Fsp3) is 0.417. The highest BCUT2D eigenvalue weighted by atomic mass is 16.5. The molecule has 0 unspecified atom stereocenters. The Kier molecular flexibility index (Phi) is 3.55. The molecule has 0 amide bonds. The van der Waals surface area contributed by atoms with E-state index in [9.17, 15) is 4.79 Å². The van der Waals surface area contributed by atoms with Gasteiger partial charge in [0.05, 0.1) is 7.11 Å². The second kappa shape index (κ2) is 5.13. The summed E-state index contributed by atoms with van der Waals surface area (Å²) in [6.07, 6.45) is 1.43. The van der Waals surface area contributed by atoms with E-state index in [4.69, 9.17) is 0 Å². The monoisotopic (exact) mass is 261 g/mol. The number of methoxy groups -OCH3 is 1. The van der Waals surface area contributed by atoms with Gasteiger partial charge in [-0.2, -0.15) is 0 Å². The van der Waals surface area contributed by atoms with Gasteiger partial charge < -0.3 is 4.74 Å². The third-order valence-electron chi connectivity index (χ3n) is 2.47. The maximum absolute atomic E-state index is 11.3. The van der Waals surface area contributed by atoms with Crippen LogP contribution in [0.1, 0.15) is 41.9 Å². The zero-order valence-electron chi connectivity index (χ0n) is 11.3. The highest BCUT2D eigenvalue weighted by Crippen LogP contribution is 2.12. The molecule has 19 heavy (non-hydrogen) atoms. The van der Waals surface area contributed by atoms with E-state index < -0.39 is 5.97 Å². The zero-order chi connectivity index (χ0) is 14.0. The van der Waals surface area contributed by atoms with Crippen molar-refractivity contribution >= 4 is 5.97 Å². The molecular weight excluding hydrogens is 246 g/mol. The molecule has 0 aliphatic carbocycles. The van der Waals surface area contributed by atoms with Crippen LogP contribution in [0.4, 0.5) is 0 Å². The van der Waals surface area contributed by atoms with Crippen molar-refractivity contribution in [2.24, 2.45) is 0 Å². The van der Waals surface area contributed by atoms with Crippen molar-refractivity contribution in [3.8, 4) is 5.82 Å². The summed E-state index contributed by atoms with van der Waals surface area (Å²) in [6.45, 7) is 5.91. The molecule has 100 valence electrons. The van der Waals surface area contributed by atoms with Crippen molar-refractivity contribution in [2.45, 2.75) is 26.7 Å². The van der Waals surface area contributed by atoms with Gasteiger partial charge in [0, 0.05) is 17.7 Å². The first-order valence-corrected chi connectivity index (χ1v) is 5.87. The first kappa shape index (κ1) is 13.1. The third kappa shape index (κ3) is 2.75. The van der Waals surface area contributed by atoms with E-state index in [0.29, 0.717) is 5.82 Å². The Labute approximate surface area is 110 Å². The summed E-state index contributed by atoms with van der Waals surface area (Å²) in [6, 6.07) is 1.78. The van der Waals surface area contributed by atoms with Gasteiger partial charge in [-0.05, 0) is 6.92 Å². The van der Waals surface area contributed by atoms with Gasteiger partial charge >= 0.3 is 5.97 Å². The first-order chi connectivity index (χ1) is 9.01. The average Bonchev–Trinajstić information content (AvgIpc) is 2.86. The molecule has 0 aromatic carbocycles. The molecule has 0 bridgehead atoms. The molecule has 0 aliphatic heterocycles. The average molecular weight is 261 g/mol. The molecule has 0 N–H and O–H groups in total. The van der Waals surface area contributed by atoms with E-state index >= 15 is 0 Å². The van der Waals surface area contributed by atoms with Crippen LogP contribution in [-0.2, 0) is 4.74 Å². The minimum Gasteiger partial charge on any atom is -0.463 e. The molecule has 0 spiro atoms. The Bertz CT molecular complexity index is 606. The number of hydrogen-bond acceptors (Lipinski definition) is 6. The van der Waals surface area contributed by atoms with E-state index in [1.807, 2.05) is 20.8 Å².